The lowest BCUT2D eigenvalue weighted by Crippen LogP contribution is -2.47. The number of likely N-dealkylation sites (N-methyl/N-ethyl adjacent to an activating group) is 1. The molecule has 2 atom stereocenters. The van der Waals surface area contributed by atoms with Crippen LogP contribution in [-0.4, -0.2) is 34.9 Å². The van der Waals surface area contributed by atoms with Gasteiger partial charge in [0.15, 0.2) is 0 Å². The summed E-state index contributed by atoms with van der Waals surface area (Å²) < 4.78 is 14.0. The van der Waals surface area contributed by atoms with Crippen molar-refractivity contribution < 1.29 is 9.18 Å². The van der Waals surface area contributed by atoms with E-state index in [0.717, 1.165) is 37.1 Å². The zero-order valence-corrected chi connectivity index (χ0v) is 13.6. The fourth-order valence-electron chi connectivity index (χ4n) is 3.89. The molecule has 2 aliphatic heterocycles. The molecular formula is C19H20FN3O. The van der Waals surface area contributed by atoms with Gasteiger partial charge in [-0.2, -0.15) is 0 Å². The molecule has 1 aromatic heterocycles. The second-order valence-electron chi connectivity index (χ2n) is 6.74. The Morgan fingerprint density at radius 1 is 1.29 bits per heavy atom. The summed E-state index contributed by atoms with van der Waals surface area (Å²) in [7, 11) is 1.85. The van der Waals surface area contributed by atoms with Crippen molar-refractivity contribution in [2.45, 2.75) is 30.8 Å². The standard InChI is InChI=1S/C19H20FN3O/c1-23-11-9-19(18(23)24)8-6-16(22-19)17-12-13(7-10-21-17)14-4-2-3-5-15(14)20/h2-5,7,10,12,16,22H,6,8-9,11H2,1H3. The lowest BCUT2D eigenvalue weighted by Gasteiger charge is -2.23. The predicted octanol–water partition coefficient (Wildman–Crippen LogP) is 2.91. The van der Waals surface area contributed by atoms with Gasteiger partial charge in [-0.05, 0) is 43.0 Å². The lowest BCUT2D eigenvalue weighted by molar-refractivity contribution is -0.131. The van der Waals surface area contributed by atoms with Crippen LogP contribution in [0.1, 0.15) is 31.0 Å². The van der Waals surface area contributed by atoms with Crippen molar-refractivity contribution in [2.24, 2.45) is 0 Å². The maximum Gasteiger partial charge on any atom is 0.242 e. The van der Waals surface area contributed by atoms with Gasteiger partial charge in [0.1, 0.15) is 11.4 Å². The van der Waals surface area contributed by atoms with Gasteiger partial charge < -0.3 is 4.90 Å². The highest BCUT2D eigenvalue weighted by molar-refractivity contribution is 5.88. The summed E-state index contributed by atoms with van der Waals surface area (Å²) >= 11 is 0. The van der Waals surface area contributed by atoms with Gasteiger partial charge >= 0.3 is 0 Å². The Morgan fingerprint density at radius 2 is 2.12 bits per heavy atom. The van der Waals surface area contributed by atoms with E-state index in [0.29, 0.717) is 5.56 Å². The van der Waals surface area contributed by atoms with Crippen LogP contribution in [0, 0.1) is 5.82 Å². The summed E-state index contributed by atoms with van der Waals surface area (Å²) in [5.74, 6) is -0.0617. The molecule has 124 valence electrons. The normalized spacial score (nSPS) is 26.5. The molecule has 24 heavy (non-hydrogen) atoms. The van der Waals surface area contributed by atoms with Gasteiger partial charge in [0.25, 0.3) is 0 Å². The van der Waals surface area contributed by atoms with E-state index < -0.39 is 5.54 Å². The van der Waals surface area contributed by atoms with E-state index in [1.54, 1.807) is 23.2 Å². The van der Waals surface area contributed by atoms with Crippen LogP contribution in [0.5, 0.6) is 0 Å². The minimum Gasteiger partial charge on any atom is -0.344 e. The molecule has 2 fully saturated rings. The molecule has 1 N–H and O–H groups in total. The highest BCUT2D eigenvalue weighted by Crippen LogP contribution is 2.39. The molecule has 2 aliphatic rings. The van der Waals surface area contributed by atoms with E-state index in [4.69, 9.17) is 0 Å². The number of nitrogens with one attached hydrogen (secondary N) is 1. The smallest absolute Gasteiger partial charge is 0.242 e. The first kappa shape index (κ1) is 15.3. The summed E-state index contributed by atoms with van der Waals surface area (Å²) in [5.41, 5.74) is 1.82. The zero-order chi connectivity index (χ0) is 16.7. The number of carbonyl (C=O) groups excluding carboxylic acids is 1. The van der Waals surface area contributed by atoms with E-state index in [-0.39, 0.29) is 17.8 Å². The first-order valence-corrected chi connectivity index (χ1v) is 8.33. The van der Waals surface area contributed by atoms with Crippen molar-refractivity contribution >= 4 is 5.91 Å². The number of nitrogens with zero attached hydrogens (tertiary/aromatic N) is 2. The quantitative estimate of drug-likeness (QED) is 0.923. The van der Waals surface area contributed by atoms with E-state index in [2.05, 4.69) is 10.3 Å². The second kappa shape index (κ2) is 5.67. The van der Waals surface area contributed by atoms with Crippen molar-refractivity contribution in [3.05, 3.63) is 54.1 Å². The summed E-state index contributed by atoms with van der Waals surface area (Å²) in [5, 5.41) is 3.51. The molecule has 1 amide bonds. The van der Waals surface area contributed by atoms with Crippen LogP contribution in [0.25, 0.3) is 11.1 Å². The molecule has 4 nitrogen and oxygen atoms in total. The topological polar surface area (TPSA) is 45.2 Å². The number of aromatic nitrogens is 1. The maximum atomic E-state index is 14.0. The molecule has 5 heteroatoms. The Balaban J connectivity index is 1.62. The molecule has 1 aromatic carbocycles. The lowest BCUT2D eigenvalue weighted by atomic mass is 9.96. The summed E-state index contributed by atoms with van der Waals surface area (Å²) in [6.45, 7) is 0.793. The fraction of sp³-hybridized carbons (Fsp3) is 0.368. The van der Waals surface area contributed by atoms with Crippen LogP contribution in [0.15, 0.2) is 42.6 Å². The van der Waals surface area contributed by atoms with Crippen LogP contribution in [0.2, 0.25) is 0 Å². The molecule has 1 spiro atoms. The Hall–Kier alpha value is -2.27. The minimum atomic E-state index is -0.435. The Labute approximate surface area is 140 Å². The SMILES string of the molecule is CN1CCC2(CCC(c3cc(-c4ccccc4F)ccn3)N2)C1=O. The third-order valence-electron chi connectivity index (χ3n) is 5.26. The van der Waals surface area contributed by atoms with Crippen molar-refractivity contribution in [3.63, 3.8) is 0 Å². The molecule has 2 saturated heterocycles. The number of pyridine rings is 1. The van der Waals surface area contributed by atoms with Gasteiger partial charge in [0.2, 0.25) is 5.91 Å². The number of amides is 1. The second-order valence-corrected chi connectivity index (χ2v) is 6.74. The summed E-state index contributed by atoms with van der Waals surface area (Å²) in [6.07, 6.45) is 4.25. The van der Waals surface area contributed by atoms with Gasteiger partial charge in [-0.3, -0.25) is 15.1 Å². The summed E-state index contributed by atoms with van der Waals surface area (Å²) in [4.78, 5) is 18.7. The first-order chi connectivity index (χ1) is 11.6. The number of hydrogen-bond donors (Lipinski definition) is 1. The van der Waals surface area contributed by atoms with Crippen molar-refractivity contribution in [1.29, 1.82) is 0 Å². The molecular weight excluding hydrogens is 305 g/mol. The van der Waals surface area contributed by atoms with E-state index in [1.807, 2.05) is 25.2 Å². The van der Waals surface area contributed by atoms with Gasteiger partial charge in [-0.1, -0.05) is 18.2 Å². The van der Waals surface area contributed by atoms with Crippen LogP contribution in [0.4, 0.5) is 4.39 Å². The van der Waals surface area contributed by atoms with E-state index in [1.165, 1.54) is 6.07 Å². The van der Waals surface area contributed by atoms with Crippen LogP contribution >= 0.6 is 0 Å². The van der Waals surface area contributed by atoms with Gasteiger partial charge in [-0.15, -0.1) is 0 Å². The Bertz CT molecular complexity index is 794. The van der Waals surface area contributed by atoms with Crippen molar-refractivity contribution in [1.82, 2.24) is 15.2 Å². The molecule has 2 unspecified atom stereocenters. The van der Waals surface area contributed by atoms with Crippen LogP contribution < -0.4 is 5.32 Å². The molecule has 4 rings (SSSR count). The molecule has 0 aliphatic carbocycles. The minimum absolute atomic E-state index is 0.0344. The number of carbonyl (C=O) groups is 1. The Morgan fingerprint density at radius 3 is 2.88 bits per heavy atom. The molecule has 0 bridgehead atoms. The maximum absolute atomic E-state index is 14.0. The van der Waals surface area contributed by atoms with Crippen LogP contribution in [-0.2, 0) is 4.79 Å². The third-order valence-corrected chi connectivity index (χ3v) is 5.26. The highest BCUT2D eigenvalue weighted by atomic mass is 19.1. The third kappa shape index (κ3) is 2.40. The van der Waals surface area contributed by atoms with E-state index in [9.17, 15) is 9.18 Å². The van der Waals surface area contributed by atoms with Gasteiger partial charge in [0.05, 0.1) is 11.7 Å². The average Bonchev–Trinajstić information content (AvgIpc) is 3.16. The molecule has 3 heterocycles. The molecule has 2 aromatic rings. The number of rotatable bonds is 2. The van der Waals surface area contributed by atoms with Gasteiger partial charge in [-0.25, -0.2) is 4.39 Å². The highest BCUT2D eigenvalue weighted by Gasteiger charge is 2.50. The number of halogens is 1. The monoisotopic (exact) mass is 325 g/mol. The molecule has 0 radical (unpaired) electrons. The van der Waals surface area contributed by atoms with Gasteiger partial charge in [0, 0.05) is 25.4 Å². The average molecular weight is 325 g/mol. The fourth-order valence-corrected chi connectivity index (χ4v) is 3.89. The first-order valence-electron chi connectivity index (χ1n) is 8.33. The Kier molecular flexibility index (Phi) is 3.61. The zero-order valence-electron chi connectivity index (χ0n) is 13.6. The molecule has 0 saturated carbocycles. The van der Waals surface area contributed by atoms with Crippen molar-refractivity contribution in [2.75, 3.05) is 13.6 Å². The van der Waals surface area contributed by atoms with E-state index >= 15 is 0 Å². The number of benzene rings is 1. The summed E-state index contributed by atoms with van der Waals surface area (Å²) in [6, 6.07) is 10.5. The number of likely N-dealkylation sites (tertiary alicyclic amines) is 1. The number of hydrogen-bond acceptors (Lipinski definition) is 3. The van der Waals surface area contributed by atoms with Crippen LogP contribution in [0.3, 0.4) is 0 Å². The largest absolute Gasteiger partial charge is 0.344 e. The van der Waals surface area contributed by atoms with Crippen molar-refractivity contribution in [3.8, 4) is 11.1 Å². The predicted molar refractivity (Wildman–Crippen MR) is 89.7 cm³/mol.